The van der Waals surface area contributed by atoms with Gasteiger partial charge in [-0.25, -0.2) is 0 Å². The second-order valence-corrected chi connectivity index (χ2v) is 4.56. The summed E-state index contributed by atoms with van der Waals surface area (Å²) in [7, 11) is 5.40. The molecular weight excluding hydrogens is 206 g/mol. The first-order chi connectivity index (χ1) is 7.55. The van der Waals surface area contributed by atoms with E-state index in [9.17, 15) is 0 Å². The smallest absolute Gasteiger partial charge is 0.0701 e. The molecule has 4 nitrogen and oxygen atoms in total. The molecule has 1 atom stereocenters. The van der Waals surface area contributed by atoms with Crippen LogP contribution in [-0.4, -0.2) is 52.7 Å². The lowest BCUT2D eigenvalue weighted by molar-refractivity contribution is 0.00654. The Balaban J connectivity index is 3.66. The Hall–Kier alpha value is -0.160. The highest BCUT2D eigenvalue weighted by atomic mass is 16.5. The van der Waals surface area contributed by atoms with Gasteiger partial charge in [-0.15, -0.1) is 0 Å². The molecule has 0 amide bonds. The summed E-state index contributed by atoms with van der Waals surface area (Å²) < 4.78 is 15.8. The minimum Gasteiger partial charge on any atom is -0.382 e. The summed E-state index contributed by atoms with van der Waals surface area (Å²) in [6, 6.07) is 0.381. The zero-order valence-electron chi connectivity index (χ0n) is 11.3. The summed E-state index contributed by atoms with van der Waals surface area (Å²) in [5, 5.41) is 3.25. The molecular formula is C12H27NO3. The molecule has 98 valence electrons. The zero-order chi connectivity index (χ0) is 12.4. The second kappa shape index (κ2) is 8.93. The van der Waals surface area contributed by atoms with E-state index in [2.05, 4.69) is 19.2 Å². The molecule has 4 heteroatoms. The van der Waals surface area contributed by atoms with Crippen LogP contribution in [0.3, 0.4) is 0 Å². The lowest BCUT2D eigenvalue weighted by Crippen LogP contribution is -2.34. The Morgan fingerprint density at radius 2 is 1.88 bits per heavy atom. The molecule has 1 unspecified atom stereocenters. The van der Waals surface area contributed by atoms with E-state index >= 15 is 0 Å². The van der Waals surface area contributed by atoms with E-state index in [1.165, 1.54) is 0 Å². The van der Waals surface area contributed by atoms with Crippen molar-refractivity contribution in [3.05, 3.63) is 0 Å². The van der Waals surface area contributed by atoms with Gasteiger partial charge in [0.1, 0.15) is 0 Å². The van der Waals surface area contributed by atoms with Gasteiger partial charge in [0.05, 0.1) is 25.4 Å². The number of hydrogen-bond acceptors (Lipinski definition) is 4. The van der Waals surface area contributed by atoms with Crippen molar-refractivity contribution in [1.82, 2.24) is 5.32 Å². The maximum atomic E-state index is 5.50. The molecule has 0 heterocycles. The maximum absolute atomic E-state index is 5.50. The molecule has 0 aliphatic rings. The summed E-state index contributed by atoms with van der Waals surface area (Å²) >= 11 is 0. The highest BCUT2D eigenvalue weighted by molar-refractivity contribution is 4.73. The number of hydrogen-bond donors (Lipinski definition) is 1. The largest absolute Gasteiger partial charge is 0.382 e. The molecule has 1 N–H and O–H groups in total. The van der Waals surface area contributed by atoms with Crippen LogP contribution in [0, 0.1) is 0 Å². The molecule has 0 fully saturated rings. The molecule has 0 aliphatic carbocycles. The molecule has 0 aromatic rings. The van der Waals surface area contributed by atoms with Gasteiger partial charge in [0.2, 0.25) is 0 Å². The fraction of sp³-hybridized carbons (Fsp3) is 1.00. The third kappa shape index (κ3) is 8.05. The summed E-state index contributed by atoms with van der Waals surface area (Å²) in [5.74, 6) is 0. The van der Waals surface area contributed by atoms with Crippen LogP contribution in [0.2, 0.25) is 0 Å². The summed E-state index contributed by atoms with van der Waals surface area (Å²) in [6.07, 6.45) is 2.06. The van der Waals surface area contributed by atoms with E-state index in [1.807, 2.05) is 7.05 Å². The fourth-order valence-corrected chi connectivity index (χ4v) is 1.30. The minimum atomic E-state index is -0.0539. The Morgan fingerprint density at radius 1 is 1.19 bits per heavy atom. The quantitative estimate of drug-likeness (QED) is 0.580. The monoisotopic (exact) mass is 233 g/mol. The summed E-state index contributed by atoms with van der Waals surface area (Å²) in [6.45, 7) is 6.24. The lowest BCUT2D eigenvalue weighted by Gasteiger charge is -2.25. The molecule has 0 rings (SSSR count). The van der Waals surface area contributed by atoms with Crippen molar-refractivity contribution in [1.29, 1.82) is 0 Å². The molecule has 16 heavy (non-hydrogen) atoms. The van der Waals surface area contributed by atoms with Crippen LogP contribution in [0.4, 0.5) is 0 Å². The van der Waals surface area contributed by atoms with Gasteiger partial charge in [0.25, 0.3) is 0 Å². The van der Waals surface area contributed by atoms with E-state index in [1.54, 1.807) is 14.2 Å². The van der Waals surface area contributed by atoms with Crippen LogP contribution in [0.25, 0.3) is 0 Å². The van der Waals surface area contributed by atoms with E-state index < -0.39 is 0 Å². The SMILES string of the molecule is CNC(CCC(C)(C)OC)COCCOC. The van der Waals surface area contributed by atoms with Crippen LogP contribution in [0.1, 0.15) is 26.7 Å². The Morgan fingerprint density at radius 3 is 2.38 bits per heavy atom. The zero-order valence-corrected chi connectivity index (χ0v) is 11.3. The highest BCUT2D eigenvalue weighted by Gasteiger charge is 2.18. The van der Waals surface area contributed by atoms with Gasteiger partial charge in [0.15, 0.2) is 0 Å². The van der Waals surface area contributed by atoms with Gasteiger partial charge in [-0.2, -0.15) is 0 Å². The van der Waals surface area contributed by atoms with Crippen molar-refractivity contribution in [2.45, 2.75) is 38.3 Å². The third-order valence-corrected chi connectivity index (χ3v) is 2.81. The Bertz CT molecular complexity index is 162. The molecule has 0 aromatic heterocycles. The standard InChI is InChI=1S/C12H27NO3/c1-12(2,15-5)7-6-11(13-3)10-16-9-8-14-4/h11,13H,6-10H2,1-5H3. The highest BCUT2D eigenvalue weighted by Crippen LogP contribution is 2.16. The van der Waals surface area contributed by atoms with Gasteiger partial charge in [-0.05, 0) is 33.7 Å². The number of likely N-dealkylation sites (N-methyl/N-ethyl adjacent to an activating group) is 1. The summed E-state index contributed by atoms with van der Waals surface area (Å²) in [5.41, 5.74) is -0.0539. The average molecular weight is 233 g/mol. The van der Waals surface area contributed by atoms with Crippen molar-refractivity contribution in [2.75, 3.05) is 41.1 Å². The third-order valence-electron chi connectivity index (χ3n) is 2.81. The van der Waals surface area contributed by atoms with Crippen LogP contribution in [0.15, 0.2) is 0 Å². The number of ether oxygens (including phenoxy) is 3. The topological polar surface area (TPSA) is 39.7 Å². The lowest BCUT2D eigenvalue weighted by atomic mass is 9.99. The van der Waals surface area contributed by atoms with Crippen molar-refractivity contribution in [3.63, 3.8) is 0 Å². The first kappa shape index (κ1) is 15.8. The average Bonchev–Trinajstić information content (AvgIpc) is 2.28. The normalized spacial score (nSPS) is 14.1. The van der Waals surface area contributed by atoms with Crippen molar-refractivity contribution in [2.24, 2.45) is 0 Å². The molecule has 0 aromatic carbocycles. The van der Waals surface area contributed by atoms with Crippen LogP contribution in [0.5, 0.6) is 0 Å². The minimum absolute atomic E-state index is 0.0539. The van der Waals surface area contributed by atoms with Crippen molar-refractivity contribution in [3.8, 4) is 0 Å². The fourth-order valence-electron chi connectivity index (χ4n) is 1.30. The first-order valence-electron chi connectivity index (χ1n) is 5.85. The first-order valence-corrected chi connectivity index (χ1v) is 5.85. The van der Waals surface area contributed by atoms with Crippen LogP contribution in [-0.2, 0) is 14.2 Å². The van der Waals surface area contributed by atoms with Crippen LogP contribution >= 0.6 is 0 Å². The van der Waals surface area contributed by atoms with Gasteiger partial charge in [-0.1, -0.05) is 0 Å². The molecule has 0 aliphatic heterocycles. The van der Waals surface area contributed by atoms with E-state index in [4.69, 9.17) is 14.2 Å². The van der Waals surface area contributed by atoms with E-state index in [0.717, 1.165) is 19.4 Å². The van der Waals surface area contributed by atoms with Gasteiger partial charge in [-0.3, -0.25) is 0 Å². The molecule has 0 radical (unpaired) electrons. The molecule has 0 spiro atoms. The predicted octanol–water partition coefficient (Wildman–Crippen LogP) is 1.44. The number of rotatable bonds is 10. The number of nitrogens with one attached hydrogen (secondary N) is 1. The Labute approximate surface area is 99.6 Å². The summed E-state index contributed by atoms with van der Waals surface area (Å²) in [4.78, 5) is 0. The number of methoxy groups -OCH3 is 2. The predicted molar refractivity (Wildman–Crippen MR) is 65.9 cm³/mol. The van der Waals surface area contributed by atoms with Crippen molar-refractivity contribution < 1.29 is 14.2 Å². The maximum Gasteiger partial charge on any atom is 0.0701 e. The molecule has 0 saturated carbocycles. The van der Waals surface area contributed by atoms with Crippen molar-refractivity contribution >= 4 is 0 Å². The second-order valence-electron chi connectivity index (χ2n) is 4.56. The van der Waals surface area contributed by atoms with Gasteiger partial charge in [0, 0.05) is 20.3 Å². The molecule has 0 bridgehead atoms. The van der Waals surface area contributed by atoms with Gasteiger partial charge >= 0.3 is 0 Å². The van der Waals surface area contributed by atoms with Gasteiger partial charge < -0.3 is 19.5 Å². The van der Waals surface area contributed by atoms with Crippen LogP contribution < -0.4 is 5.32 Å². The van der Waals surface area contributed by atoms with E-state index in [-0.39, 0.29) is 5.60 Å². The van der Waals surface area contributed by atoms with E-state index in [0.29, 0.717) is 19.3 Å². The Kier molecular flexibility index (Phi) is 8.84. The molecule has 0 saturated heterocycles.